The molecule has 0 aliphatic rings. The summed E-state index contributed by atoms with van der Waals surface area (Å²) in [4.78, 5) is 11.8. The molecule has 0 fully saturated rings. The SMILES string of the molecule is Cn1cc(/C=N\NC(=O)CNc2ccc(I)cc2)c2ccccc21. The average molecular weight is 432 g/mol. The minimum absolute atomic E-state index is 0.174. The maximum Gasteiger partial charge on any atom is 0.259 e. The number of carbonyl (C=O) groups excluding carboxylic acids is 1. The number of amides is 1. The number of nitrogens with one attached hydrogen (secondary N) is 2. The van der Waals surface area contributed by atoms with Crippen LogP contribution in [0, 0.1) is 3.57 Å². The number of carbonyl (C=O) groups is 1. The standard InChI is InChI=1S/C18H17IN4O/c1-23-12-13(16-4-2-3-5-17(16)23)10-21-22-18(24)11-20-15-8-6-14(19)7-9-15/h2-10,12,20H,11H2,1H3,(H,22,24)/b21-10-. The molecule has 3 aromatic rings. The first-order chi connectivity index (χ1) is 11.6. The lowest BCUT2D eigenvalue weighted by Gasteiger charge is -2.04. The Morgan fingerprint density at radius 1 is 1.21 bits per heavy atom. The highest BCUT2D eigenvalue weighted by Crippen LogP contribution is 2.18. The van der Waals surface area contributed by atoms with Gasteiger partial charge in [-0.1, -0.05) is 18.2 Å². The third-order valence-electron chi connectivity index (χ3n) is 3.62. The summed E-state index contributed by atoms with van der Waals surface area (Å²) in [6.07, 6.45) is 3.66. The Morgan fingerprint density at radius 3 is 2.75 bits per heavy atom. The zero-order valence-electron chi connectivity index (χ0n) is 13.2. The number of hydrogen-bond donors (Lipinski definition) is 2. The van der Waals surface area contributed by atoms with Crippen molar-refractivity contribution in [1.29, 1.82) is 0 Å². The van der Waals surface area contributed by atoms with E-state index in [0.717, 1.165) is 25.7 Å². The second-order valence-electron chi connectivity index (χ2n) is 5.37. The molecule has 1 heterocycles. The summed E-state index contributed by atoms with van der Waals surface area (Å²) in [6, 6.07) is 15.9. The first-order valence-corrected chi connectivity index (χ1v) is 8.57. The molecule has 0 spiro atoms. The van der Waals surface area contributed by atoms with E-state index in [-0.39, 0.29) is 12.5 Å². The van der Waals surface area contributed by atoms with Gasteiger partial charge < -0.3 is 9.88 Å². The molecule has 1 amide bonds. The number of benzene rings is 2. The Bertz CT molecular complexity index is 884. The molecule has 0 aliphatic heterocycles. The first kappa shape index (κ1) is 16.5. The van der Waals surface area contributed by atoms with Crippen LogP contribution in [-0.2, 0) is 11.8 Å². The van der Waals surface area contributed by atoms with Crippen molar-refractivity contribution in [3.63, 3.8) is 0 Å². The number of rotatable bonds is 5. The van der Waals surface area contributed by atoms with Gasteiger partial charge in [0.2, 0.25) is 0 Å². The largest absolute Gasteiger partial charge is 0.376 e. The van der Waals surface area contributed by atoms with Gasteiger partial charge in [-0.2, -0.15) is 5.10 Å². The molecule has 2 aromatic carbocycles. The number of halogens is 1. The number of nitrogens with zero attached hydrogens (tertiary/aromatic N) is 2. The van der Waals surface area contributed by atoms with Gasteiger partial charge in [-0.25, -0.2) is 5.43 Å². The van der Waals surface area contributed by atoms with Crippen LogP contribution in [-0.4, -0.2) is 23.2 Å². The normalized spacial score (nSPS) is 11.1. The second-order valence-corrected chi connectivity index (χ2v) is 6.61. The Hall–Kier alpha value is -2.35. The van der Waals surface area contributed by atoms with Crippen LogP contribution in [0.4, 0.5) is 5.69 Å². The second kappa shape index (κ2) is 7.48. The molecule has 0 aliphatic carbocycles. The minimum Gasteiger partial charge on any atom is -0.376 e. The van der Waals surface area contributed by atoms with Crippen molar-refractivity contribution in [3.8, 4) is 0 Å². The molecule has 24 heavy (non-hydrogen) atoms. The summed E-state index contributed by atoms with van der Waals surface area (Å²) in [5.41, 5.74) is 5.55. The Labute approximate surface area is 153 Å². The lowest BCUT2D eigenvalue weighted by molar-refractivity contribution is -0.119. The smallest absolute Gasteiger partial charge is 0.259 e. The number of anilines is 1. The molecule has 0 unspecified atom stereocenters. The van der Waals surface area contributed by atoms with Crippen LogP contribution in [0.15, 0.2) is 59.8 Å². The van der Waals surface area contributed by atoms with E-state index in [9.17, 15) is 4.79 Å². The molecule has 6 heteroatoms. The molecule has 0 saturated carbocycles. The van der Waals surface area contributed by atoms with E-state index in [1.165, 1.54) is 0 Å². The fourth-order valence-electron chi connectivity index (χ4n) is 2.44. The van der Waals surface area contributed by atoms with Gasteiger partial charge in [0.1, 0.15) is 0 Å². The maximum atomic E-state index is 11.8. The summed E-state index contributed by atoms with van der Waals surface area (Å²) in [5.74, 6) is -0.190. The molecular weight excluding hydrogens is 415 g/mol. The highest BCUT2D eigenvalue weighted by atomic mass is 127. The third kappa shape index (κ3) is 3.94. The highest BCUT2D eigenvalue weighted by molar-refractivity contribution is 14.1. The fourth-order valence-corrected chi connectivity index (χ4v) is 2.80. The van der Waals surface area contributed by atoms with Crippen molar-refractivity contribution in [2.24, 2.45) is 12.1 Å². The van der Waals surface area contributed by atoms with E-state index in [2.05, 4.69) is 44.5 Å². The highest BCUT2D eigenvalue weighted by Gasteiger charge is 2.04. The number of hydrazone groups is 1. The van der Waals surface area contributed by atoms with Gasteiger partial charge in [0.25, 0.3) is 5.91 Å². The van der Waals surface area contributed by atoms with Crippen molar-refractivity contribution in [3.05, 3.63) is 63.9 Å². The summed E-state index contributed by atoms with van der Waals surface area (Å²) in [5, 5.41) is 8.22. The quantitative estimate of drug-likeness (QED) is 0.369. The topological polar surface area (TPSA) is 58.4 Å². The van der Waals surface area contributed by atoms with E-state index in [1.807, 2.05) is 60.3 Å². The number of aromatic nitrogens is 1. The van der Waals surface area contributed by atoms with Crippen molar-refractivity contribution >= 4 is 51.3 Å². The molecule has 1 aromatic heterocycles. The van der Waals surface area contributed by atoms with Crippen LogP contribution in [0.1, 0.15) is 5.56 Å². The Morgan fingerprint density at radius 2 is 1.96 bits per heavy atom. The summed E-state index contributed by atoms with van der Waals surface area (Å²) >= 11 is 2.24. The van der Waals surface area contributed by atoms with E-state index in [0.29, 0.717) is 0 Å². The molecule has 0 bridgehead atoms. The predicted octanol–water partition coefficient (Wildman–Crippen LogP) is 3.35. The molecule has 3 rings (SSSR count). The third-order valence-corrected chi connectivity index (χ3v) is 4.34. The van der Waals surface area contributed by atoms with Gasteiger partial charge in [-0.15, -0.1) is 0 Å². The van der Waals surface area contributed by atoms with Gasteiger partial charge in [0, 0.05) is 39.0 Å². The number of para-hydroxylation sites is 1. The van der Waals surface area contributed by atoms with Crippen LogP contribution in [0.5, 0.6) is 0 Å². The Kier molecular flexibility index (Phi) is 5.14. The van der Waals surface area contributed by atoms with Gasteiger partial charge in [0.05, 0.1) is 12.8 Å². The van der Waals surface area contributed by atoms with Crippen LogP contribution < -0.4 is 10.7 Å². The van der Waals surface area contributed by atoms with Gasteiger partial charge in [0.15, 0.2) is 0 Å². The Balaban J connectivity index is 1.57. The lowest BCUT2D eigenvalue weighted by atomic mass is 10.2. The van der Waals surface area contributed by atoms with Crippen LogP contribution >= 0.6 is 22.6 Å². The molecule has 0 saturated heterocycles. The number of aryl methyl sites for hydroxylation is 1. The molecule has 122 valence electrons. The predicted molar refractivity (Wildman–Crippen MR) is 106 cm³/mol. The molecule has 0 atom stereocenters. The van der Waals surface area contributed by atoms with Crippen molar-refractivity contribution in [2.75, 3.05) is 11.9 Å². The van der Waals surface area contributed by atoms with Crippen LogP contribution in [0.25, 0.3) is 10.9 Å². The van der Waals surface area contributed by atoms with Gasteiger partial charge in [-0.3, -0.25) is 4.79 Å². The summed E-state index contributed by atoms with van der Waals surface area (Å²) in [7, 11) is 1.99. The van der Waals surface area contributed by atoms with E-state index >= 15 is 0 Å². The van der Waals surface area contributed by atoms with E-state index < -0.39 is 0 Å². The zero-order valence-corrected chi connectivity index (χ0v) is 15.3. The first-order valence-electron chi connectivity index (χ1n) is 7.49. The molecular formula is C18H17IN4O. The summed E-state index contributed by atoms with van der Waals surface area (Å²) in [6.45, 7) is 0.174. The molecule has 2 N–H and O–H groups in total. The van der Waals surface area contributed by atoms with Crippen molar-refractivity contribution < 1.29 is 4.79 Å². The van der Waals surface area contributed by atoms with Gasteiger partial charge >= 0.3 is 0 Å². The minimum atomic E-state index is -0.190. The maximum absolute atomic E-state index is 11.8. The molecule has 0 radical (unpaired) electrons. The monoisotopic (exact) mass is 432 g/mol. The van der Waals surface area contributed by atoms with Gasteiger partial charge in [-0.05, 0) is 52.9 Å². The molecule has 5 nitrogen and oxygen atoms in total. The van der Waals surface area contributed by atoms with Crippen LogP contribution in [0.2, 0.25) is 0 Å². The van der Waals surface area contributed by atoms with Crippen LogP contribution in [0.3, 0.4) is 0 Å². The number of fused-ring (bicyclic) bond motifs is 1. The van der Waals surface area contributed by atoms with E-state index in [1.54, 1.807) is 6.21 Å². The average Bonchev–Trinajstić information content (AvgIpc) is 2.91. The fraction of sp³-hybridized carbons (Fsp3) is 0.111. The lowest BCUT2D eigenvalue weighted by Crippen LogP contribution is -2.25. The number of hydrogen-bond acceptors (Lipinski definition) is 3. The van der Waals surface area contributed by atoms with Crippen molar-refractivity contribution in [1.82, 2.24) is 9.99 Å². The summed E-state index contributed by atoms with van der Waals surface area (Å²) < 4.78 is 3.19. The van der Waals surface area contributed by atoms with Crippen molar-refractivity contribution in [2.45, 2.75) is 0 Å². The zero-order chi connectivity index (χ0) is 16.9. The van der Waals surface area contributed by atoms with E-state index in [4.69, 9.17) is 0 Å².